The molecule has 186 valence electrons. The predicted molar refractivity (Wildman–Crippen MR) is 131 cm³/mol. The summed E-state index contributed by atoms with van der Waals surface area (Å²) in [6.45, 7) is 1.96. The quantitative estimate of drug-likeness (QED) is 0.674. The minimum absolute atomic E-state index is 0.0364. The van der Waals surface area contributed by atoms with E-state index in [1.165, 1.54) is 19.3 Å². The highest BCUT2D eigenvalue weighted by molar-refractivity contribution is 5.89. The molecule has 8 rings (SSSR count). The molecule has 0 amide bonds. The molecular weight excluding hydrogens is 442 g/mol. The van der Waals surface area contributed by atoms with Crippen molar-refractivity contribution in [2.75, 3.05) is 6.61 Å². The highest BCUT2D eigenvalue weighted by Gasteiger charge is 2.62. The van der Waals surface area contributed by atoms with Crippen LogP contribution < -0.4 is 5.56 Å². The Morgan fingerprint density at radius 2 is 1.74 bits per heavy atom. The highest BCUT2D eigenvalue weighted by Crippen LogP contribution is 2.62. The smallest absolute Gasteiger partial charge is 0.362 e. The number of para-hydroxylation sites is 2. The van der Waals surface area contributed by atoms with Crippen molar-refractivity contribution < 1.29 is 14.6 Å². The molecule has 7 heteroatoms. The van der Waals surface area contributed by atoms with Crippen LogP contribution in [0.4, 0.5) is 0 Å². The number of carbonyl (C=O) groups excluding carboxylic acids is 1. The van der Waals surface area contributed by atoms with E-state index in [9.17, 15) is 14.7 Å². The molecule has 1 N–H and O–H groups in total. The van der Waals surface area contributed by atoms with E-state index in [-0.39, 0.29) is 29.4 Å². The largest absolute Gasteiger partial charge is 0.461 e. The third-order valence-corrected chi connectivity index (χ3v) is 9.88. The van der Waals surface area contributed by atoms with Gasteiger partial charge in [-0.2, -0.15) is 0 Å². The summed E-state index contributed by atoms with van der Waals surface area (Å²) in [6.07, 6.45) is 10.8. The maximum Gasteiger partial charge on any atom is 0.362 e. The number of benzene rings is 1. The van der Waals surface area contributed by atoms with Gasteiger partial charge < -0.3 is 14.4 Å². The van der Waals surface area contributed by atoms with Crippen LogP contribution in [0.25, 0.3) is 11.0 Å². The van der Waals surface area contributed by atoms with Gasteiger partial charge in [0.2, 0.25) is 5.69 Å². The number of aliphatic hydroxyl groups is 1. The van der Waals surface area contributed by atoms with Crippen LogP contribution in [-0.4, -0.2) is 55.4 Å². The van der Waals surface area contributed by atoms with Gasteiger partial charge in [-0.1, -0.05) is 12.1 Å². The summed E-state index contributed by atoms with van der Waals surface area (Å²) in [5.41, 5.74) is 0.693. The van der Waals surface area contributed by atoms with Crippen molar-refractivity contribution in [2.45, 2.75) is 100 Å². The van der Waals surface area contributed by atoms with Crippen LogP contribution in [0.3, 0.4) is 0 Å². The lowest BCUT2D eigenvalue weighted by Crippen LogP contribution is -2.68. The Morgan fingerprint density at radius 1 is 1.06 bits per heavy atom. The minimum atomic E-state index is -0.640. The second-order valence-corrected chi connectivity index (χ2v) is 12.2. The van der Waals surface area contributed by atoms with E-state index < -0.39 is 11.6 Å². The summed E-state index contributed by atoms with van der Waals surface area (Å²) < 4.78 is 7.02. The number of fused-ring (bicyclic) bond motifs is 3. The summed E-state index contributed by atoms with van der Waals surface area (Å²) in [6, 6.07) is 8.52. The molecule has 6 bridgehead atoms. The average Bonchev–Trinajstić information content (AvgIpc) is 3.08. The lowest BCUT2D eigenvalue weighted by Gasteiger charge is -2.65. The Hall–Kier alpha value is -2.25. The molecule has 35 heavy (non-hydrogen) atoms. The number of piperidine rings is 1. The Morgan fingerprint density at radius 3 is 2.40 bits per heavy atom. The van der Waals surface area contributed by atoms with Gasteiger partial charge >= 0.3 is 5.97 Å². The molecule has 2 saturated heterocycles. The van der Waals surface area contributed by atoms with Gasteiger partial charge in [-0.25, -0.2) is 9.78 Å². The number of carbonyl (C=O) groups is 1. The van der Waals surface area contributed by atoms with E-state index in [1.54, 1.807) is 6.92 Å². The van der Waals surface area contributed by atoms with E-state index in [2.05, 4.69) is 9.88 Å². The standard InChI is InChI=1S/C28H35N3O4/c1-2-35-26(33)24-25(32)30(23-6-4-3-5-22(23)29-24)21-10-19-7-8-20(11-21)31(19)27-12-17-9-18(13-27)15-28(34,14-17)16-27/h3-6,17-21,34H,2,7-16H2,1H3/t17-,18+,19-,20+,21?,27?,28?. The van der Waals surface area contributed by atoms with Crippen molar-refractivity contribution >= 4 is 17.0 Å². The van der Waals surface area contributed by atoms with Gasteiger partial charge in [-0.3, -0.25) is 9.69 Å². The summed E-state index contributed by atoms with van der Waals surface area (Å²) in [5.74, 6) is 0.689. The molecule has 3 heterocycles. The maximum atomic E-state index is 13.6. The van der Waals surface area contributed by atoms with Crippen molar-refractivity contribution in [2.24, 2.45) is 11.8 Å². The molecule has 7 atom stereocenters. The van der Waals surface area contributed by atoms with Crippen LogP contribution in [0, 0.1) is 11.8 Å². The van der Waals surface area contributed by atoms with Crippen molar-refractivity contribution in [1.82, 2.24) is 14.5 Å². The predicted octanol–water partition coefficient (Wildman–Crippen LogP) is 3.82. The fraction of sp³-hybridized carbons (Fsp3) is 0.679. The zero-order valence-corrected chi connectivity index (χ0v) is 20.5. The third-order valence-electron chi connectivity index (χ3n) is 9.88. The average molecular weight is 478 g/mol. The van der Waals surface area contributed by atoms with E-state index in [0.717, 1.165) is 50.5 Å². The summed E-state index contributed by atoms with van der Waals surface area (Å²) in [7, 11) is 0. The number of ether oxygens (including phenoxy) is 1. The van der Waals surface area contributed by atoms with Crippen LogP contribution in [0.1, 0.15) is 87.7 Å². The van der Waals surface area contributed by atoms with Crippen LogP contribution in [0.15, 0.2) is 29.1 Å². The molecule has 3 unspecified atom stereocenters. The molecule has 6 fully saturated rings. The number of hydrogen-bond donors (Lipinski definition) is 1. The van der Waals surface area contributed by atoms with E-state index in [4.69, 9.17) is 4.74 Å². The number of aromatic nitrogens is 2. The lowest BCUT2D eigenvalue weighted by molar-refractivity contribution is -0.190. The molecule has 2 aliphatic heterocycles. The van der Waals surface area contributed by atoms with Gasteiger partial charge in [0.1, 0.15) is 0 Å². The first-order chi connectivity index (χ1) is 16.9. The maximum absolute atomic E-state index is 13.6. The van der Waals surface area contributed by atoms with Gasteiger partial charge in [0.15, 0.2) is 0 Å². The Balaban J connectivity index is 1.25. The molecule has 4 saturated carbocycles. The first-order valence-electron chi connectivity index (χ1n) is 13.6. The first-order valence-corrected chi connectivity index (χ1v) is 13.6. The second kappa shape index (κ2) is 7.62. The van der Waals surface area contributed by atoms with Crippen molar-refractivity contribution in [3.63, 3.8) is 0 Å². The van der Waals surface area contributed by atoms with Crippen LogP contribution >= 0.6 is 0 Å². The van der Waals surface area contributed by atoms with Gasteiger partial charge in [-0.15, -0.1) is 0 Å². The highest BCUT2D eigenvalue weighted by atomic mass is 16.5. The number of hydrogen-bond acceptors (Lipinski definition) is 6. The number of rotatable bonds is 4. The number of esters is 1. The van der Waals surface area contributed by atoms with Gasteiger partial charge in [0.05, 0.1) is 23.2 Å². The van der Waals surface area contributed by atoms with Gasteiger partial charge in [0, 0.05) is 23.7 Å². The molecule has 0 radical (unpaired) electrons. The molecule has 4 aliphatic carbocycles. The molecule has 6 aliphatic rings. The zero-order valence-electron chi connectivity index (χ0n) is 20.5. The molecule has 1 aromatic carbocycles. The zero-order chi connectivity index (χ0) is 23.9. The normalized spacial score (nSPS) is 39.9. The third kappa shape index (κ3) is 3.27. The monoisotopic (exact) mass is 477 g/mol. The first kappa shape index (κ1) is 22.0. The summed E-state index contributed by atoms with van der Waals surface area (Å²) >= 11 is 0. The Bertz CT molecular complexity index is 1230. The summed E-state index contributed by atoms with van der Waals surface area (Å²) in [5, 5.41) is 11.4. The van der Waals surface area contributed by atoms with E-state index >= 15 is 0 Å². The summed E-state index contributed by atoms with van der Waals surface area (Å²) in [4.78, 5) is 33.5. The Kier molecular flexibility index (Phi) is 4.79. The second-order valence-electron chi connectivity index (χ2n) is 12.2. The van der Waals surface area contributed by atoms with Crippen LogP contribution in [-0.2, 0) is 4.74 Å². The Labute approximate surface area is 205 Å². The van der Waals surface area contributed by atoms with E-state index in [1.807, 2.05) is 28.8 Å². The SMILES string of the molecule is CCOC(=O)c1nc2ccccc2n(C2C[C@H]3CC[C@@H](C2)N3C23C[C@@H]4C[C@@H](CC(O)(C4)C2)C3)c1=O. The van der Waals surface area contributed by atoms with Crippen LogP contribution in [0.2, 0.25) is 0 Å². The molecule has 2 aromatic rings. The minimum Gasteiger partial charge on any atom is -0.461 e. The molecular formula is C28H35N3O4. The topological polar surface area (TPSA) is 84.7 Å². The fourth-order valence-corrected chi connectivity index (χ4v) is 9.45. The fourth-order valence-electron chi connectivity index (χ4n) is 9.45. The molecule has 7 nitrogen and oxygen atoms in total. The van der Waals surface area contributed by atoms with Crippen molar-refractivity contribution in [1.29, 1.82) is 0 Å². The van der Waals surface area contributed by atoms with Crippen LogP contribution in [0.5, 0.6) is 0 Å². The molecule has 0 spiro atoms. The van der Waals surface area contributed by atoms with Crippen molar-refractivity contribution in [3.05, 3.63) is 40.3 Å². The number of nitrogens with zero attached hydrogens (tertiary/aromatic N) is 3. The van der Waals surface area contributed by atoms with Gasteiger partial charge in [-0.05, 0) is 95.1 Å². The van der Waals surface area contributed by atoms with Gasteiger partial charge in [0.25, 0.3) is 5.56 Å². The van der Waals surface area contributed by atoms with Crippen molar-refractivity contribution in [3.8, 4) is 0 Å². The molecule has 1 aromatic heterocycles. The van der Waals surface area contributed by atoms with E-state index in [0.29, 0.717) is 29.4 Å². The lowest BCUT2D eigenvalue weighted by atomic mass is 9.50.